The van der Waals surface area contributed by atoms with Crippen molar-refractivity contribution < 1.29 is 35.1 Å². The molecule has 2 aliphatic rings. The van der Waals surface area contributed by atoms with E-state index in [0.717, 1.165) is 6.07 Å². The van der Waals surface area contributed by atoms with E-state index in [2.05, 4.69) is 14.5 Å². The van der Waals surface area contributed by atoms with Crippen LogP contribution in [0.2, 0.25) is 0 Å². The summed E-state index contributed by atoms with van der Waals surface area (Å²) in [7, 11) is 0. The van der Waals surface area contributed by atoms with Crippen LogP contribution in [0.5, 0.6) is 0 Å². The number of hydrogen-bond acceptors (Lipinski definition) is 5. The zero-order valence-corrected chi connectivity index (χ0v) is 24.0. The van der Waals surface area contributed by atoms with Crippen LogP contribution >= 0.6 is 0 Å². The van der Waals surface area contributed by atoms with Gasteiger partial charge in [0, 0.05) is 22.4 Å². The summed E-state index contributed by atoms with van der Waals surface area (Å²) in [5.74, 6) is -18.5. The Bertz CT molecular complexity index is 2490. The first kappa shape index (κ1) is 33.6. The molecule has 236 valence electrons. The van der Waals surface area contributed by atoms with Gasteiger partial charge in [0.2, 0.25) is 0 Å². The molecule has 8 nitrogen and oxygen atoms in total. The Hall–Kier alpha value is -7.76. The molecule has 50 heavy (non-hydrogen) atoms. The van der Waals surface area contributed by atoms with Crippen LogP contribution in [-0.2, 0) is 12.8 Å². The predicted molar refractivity (Wildman–Crippen MR) is 150 cm³/mol. The summed E-state index contributed by atoms with van der Waals surface area (Å²) in [6.45, 7) is 21.8. The standard InChI is InChI=1S/C34H4F8N8/c1-48-33-31(41)29(39)24(30(40)32(33)42)22-15(34(49-2)50-3)5-14-17(9-46)19-13(16(8-45)20(14)22)4-12(11(6-43)7-44)21(19)23-27(37)25(35)18(10-47)26(36)28(23)38/h4-5H2. The lowest BCUT2D eigenvalue weighted by molar-refractivity contribution is 0.446. The Morgan fingerprint density at radius 2 is 0.900 bits per heavy atom. The highest BCUT2D eigenvalue weighted by Crippen LogP contribution is 2.42. The summed E-state index contributed by atoms with van der Waals surface area (Å²) in [6, 6.07) is 7.06. The van der Waals surface area contributed by atoms with Gasteiger partial charge in [-0.25, -0.2) is 40.0 Å². The largest absolute Gasteiger partial charge is 0.523 e. The van der Waals surface area contributed by atoms with Crippen LogP contribution in [0.15, 0.2) is 22.5 Å². The number of allylic oxidation sites excluding steroid dienone is 3. The van der Waals surface area contributed by atoms with E-state index in [-0.39, 0.29) is 0 Å². The molecule has 2 aliphatic carbocycles. The molecule has 0 aromatic heterocycles. The second kappa shape index (κ2) is 12.1. The van der Waals surface area contributed by atoms with E-state index in [4.69, 9.17) is 25.0 Å². The molecule has 3 aromatic carbocycles. The summed E-state index contributed by atoms with van der Waals surface area (Å²) < 4.78 is 122. The van der Waals surface area contributed by atoms with Crippen LogP contribution < -0.4 is 10.4 Å². The maximum Gasteiger partial charge on any atom is 0.523 e. The van der Waals surface area contributed by atoms with Crippen molar-refractivity contribution in [1.29, 1.82) is 26.3 Å². The van der Waals surface area contributed by atoms with Crippen molar-refractivity contribution in [2.75, 3.05) is 0 Å². The number of halogens is 8. The Balaban J connectivity index is 2.22. The first-order chi connectivity index (χ1) is 23.8. The zero-order valence-electron chi connectivity index (χ0n) is 24.0. The normalized spacial score (nSPS) is 12.3. The molecule has 5 rings (SSSR count). The van der Waals surface area contributed by atoms with Crippen molar-refractivity contribution in [3.05, 3.63) is 153 Å². The third-order valence-electron chi connectivity index (χ3n) is 7.98. The van der Waals surface area contributed by atoms with E-state index in [1.807, 2.05) is 0 Å². The molecule has 16 heteroatoms. The van der Waals surface area contributed by atoms with E-state index in [1.165, 1.54) is 12.1 Å². The highest BCUT2D eigenvalue weighted by molar-refractivity contribution is 5.92. The van der Waals surface area contributed by atoms with E-state index in [0.29, 0.717) is 0 Å². The maximum atomic E-state index is 15.6. The van der Waals surface area contributed by atoms with Gasteiger partial charge in [0.15, 0.2) is 46.5 Å². The van der Waals surface area contributed by atoms with Crippen LogP contribution in [-0.4, -0.2) is 0 Å². The lowest BCUT2D eigenvalue weighted by atomic mass is 9.91. The molecule has 0 bridgehead atoms. The molecule has 0 fully saturated rings. The molecular formula is C34H4F8N8. The topological polar surface area (TPSA) is 132 Å². The number of fused-ring (bicyclic) bond motifs is 2. The van der Waals surface area contributed by atoms with Crippen LogP contribution in [0.3, 0.4) is 0 Å². The molecule has 0 saturated carbocycles. The third kappa shape index (κ3) is 4.29. The SMILES string of the molecule is [C-]#[N+]C([N+]#[C-])=C1Cc2c(C#N)c3c(c(C#N)c2=C1c1c(F)c(F)c([N+]#[C-])c(F)c1F)CC(=C(C#N)C#N)C=3c1c(F)c(F)c(C#N)c(F)c1F. The second-order valence-electron chi connectivity index (χ2n) is 10.1. The van der Waals surface area contributed by atoms with E-state index in [1.54, 1.807) is 12.1 Å². The van der Waals surface area contributed by atoms with Crippen molar-refractivity contribution in [3.8, 4) is 30.3 Å². The van der Waals surface area contributed by atoms with Crippen molar-refractivity contribution in [1.82, 2.24) is 0 Å². The van der Waals surface area contributed by atoms with Gasteiger partial charge in [0.25, 0.3) is 5.69 Å². The molecule has 0 atom stereocenters. The predicted octanol–water partition coefficient (Wildman–Crippen LogP) is 5.87. The van der Waals surface area contributed by atoms with Crippen molar-refractivity contribution in [3.63, 3.8) is 0 Å². The van der Waals surface area contributed by atoms with Gasteiger partial charge < -0.3 is 0 Å². The second-order valence-corrected chi connectivity index (χ2v) is 10.1. The molecule has 0 heterocycles. The minimum atomic E-state index is -2.20. The van der Waals surface area contributed by atoms with E-state index in [9.17, 15) is 38.6 Å². The average molecular weight is 676 g/mol. The summed E-state index contributed by atoms with van der Waals surface area (Å²) in [6.07, 6.45) is -1.76. The van der Waals surface area contributed by atoms with Crippen molar-refractivity contribution >= 4 is 16.8 Å². The molecule has 0 unspecified atom stereocenters. The Labute approximate surface area is 274 Å². The number of benzene rings is 3. The van der Waals surface area contributed by atoms with E-state index < -0.39 is 148 Å². The van der Waals surface area contributed by atoms with Gasteiger partial charge >= 0.3 is 5.82 Å². The number of nitrogens with zero attached hydrogens (tertiary/aromatic N) is 8. The number of rotatable bonds is 2. The fraction of sp³-hybridized carbons (Fsp3) is 0.0588. The van der Waals surface area contributed by atoms with Crippen LogP contribution in [0.1, 0.15) is 38.9 Å². The van der Waals surface area contributed by atoms with E-state index >= 15 is 17.6 Å². The zero-order chi connectivity index (χ0) is 36.9. The third-order valence-corrected chi connectivity index (χ3v) is 7.98. The van der Waals surface area contributed by atoms with Crippen LogP contribution in [0.4, 0.5) is 40.8 Å². The summed E-state index contributed by atoms with van der Waals surface area (Å²) in [4.78, 5) is 8.36. The van der Waals surface area contributed by atoms with Crippen LogP contribution in [0, 0.1) is 123 Å². The average Bonchev–Trinajstić information content (AvgIpc) is 3.67. The Kier molecular flexibility index (Phi) is 8.14. The Morgan fingerprint density at radius 1 is 0.520 bits per heavy atom. The number of hydrogen-bond donors (Lipinski definition) is 0. The minimum absolute atomic E-state index is 0.518. The van der Waals surface area contributed by atoms with Gasteiger partial charge in [-0.15, -0.1) is 0 Å². The lowest BCUT2D eigenvalue weighted by Gasteiger charge is -2.12. The number of nitriles is 5. The molecule has 0 N–H and O–H groups in total. The smallest absolute Gasteiger partial charge is 0.232 e. The fourth-order valence-corrected chi connectivity index (χ4v) is 6.00. The lowest BCUT2D eigenvalue weighted by Crippen LogP contribution is -2.27. The first-order valence-corrected chi connectivity index (χ1v) is 13.1. The molecule has 0 spiro atoms. The first-order valence-electron chi connectivity index (χ1n) is 13.1. The van der Waals surface area contributed by atoms with Gasteiger partial charge in [-0.3, -0.25) is 0 Å². The van der Waals surface area contributed by atoms with Gasteiger partial charge in [0.05, 0.1) is 34.4 Å². The monoisotopic (exact) mass is 676 g/mol. The molecule has 3 aromatic rings. The van der Waals surface area contributed by atoms with Gasteiger partial charge in [-0.1, -0.05) is 0 Å². The van der Waals surface area contributed by atoms with Crippen LogP contribution in [0.25, 0.3) is 25.7 Å². The molecule has 0 amide bonds. The molecular weight excluding hydrogens is 672 g/mol. The van der Waals surface area contributed by atoms with Crippen molar-refractivity contribution in [2.24, 2.45) is 0 Å². The maximum absolute atomic E-state index is 15.6. The highest BCUT2D eigenvalue weighted by Gasteiger charge is 2.41. The quantitative estimate of drug-likeness (QED) is 0.145. The van der Waals surface area contributed by atoms with Gasteiger partial charge in [0.1, 0.15) is 54.6 Å². The molecule has 0 aliphatic heterocycles. The van der Waals surface area contributed by atoms with Gasteiger partial charge in [-0.2, -0.15) is 36.0 Å². The minimum Gasteiger partial charge on any atom is -0.232 e. The fourth-order valence-electron chi connectivity index (χ4n) is 6.00. The summed E-state index contributed by atoms with van der Waals surface area (Å²) in [5.41, 5.74) is -13.4. The highest BCUT2D eigenvalue weighted by atomic mass is 19.2. The van der Waals surface area contributed by atoms with Crippen molar-refractivity contribution in [2.45, 2.75) is 12.8 Å². The summed E-state index contributed by atoms with van der Waals surface area (Å²) >= 11 is 0. The Morgan fingerprint density at radius 3 is 1.26 bits per heavy atom. The molecule has 0 saturated heterocycles. The van der Waals surface area contributed by atoms with Gasteiger partial charge in [-0.05, 0) is 28.7 Å². The summed E-state index contributed by atoms with van der Waals surface area (Å²) in [5, 5.41) is 47.8. The molecule has 0 radical (unpaired) electrons.